The van der Waals surface area contributed by atoms with Crippen molar-refractivity contribution in [3.05, 3.63) is 0 Å². The van der Waals surface area contributed by atoms with Crippen LogP contribution in [0.15, 0.2) is 0 Å². The predicted octanol–water partition coefficient (Wildman–Crippen LogP) is 0.361. The Bertz CT molecular complexity index is 136. The van der Waals surface area contributed by atoms with Crippen LogP contribution in [0.25, 0.3) is 0 Å². The van der Waals surface area contributed by atoms with Crippen molar-refractivity contribution in [2.75, 3.05) is 39.8 Å². The summed E-state index contributed by atoms with van der Waals surface area (Å²) in [6.07, 6.45) is 2.43. The number of nitrogens with zero attached hydrogens (tertiary/aromatic N) is 2. The van der Waals surface area contributed by atoms with E-state index in [1.165, 1.54) is 39.1 Å². The molecule has 0 amide bonds. The van der Waals surface area contributed by atoms with Gasteiger partial charge in [0.15, 0.2) is 0 Å². The zero-order valence-electron chi connectivity index (χ0n) is 9.00. The van der Waals surface area contributed by atoms with Crippen LogP contribution >= 0.6 is 0 Å². The molecular weight excluding hydrogens is 162 g/mol. The largest absolute Gasteiger partial charge is 0.328 e. The minimum Gasteiger partial charge on any atom is -0.328 e. The summed E-state index contributed by atoms with van der Waals surface area (Å²) < 4.78 is 0. The van der Waals surface area contributed by atoms with Crippen molar-refractivity contribution in [1.29, 1.82) is 0 Å². The molecule has 1 heterocycles. The van der Waals surface area contributed by atoms with E-state index >= 15 is 0 Å². The van der Waals surface area contributed by atoms with Crippen molar-refractivity contribution in [2.45, 2.75) is 25.8 Å². The summed E-state index contributed by atoms with van der Waals surface area (Å²) in [5.41, 5.74) is 5.74. The van der Waals surface area contributed by atoms with Crippen LogP contribution in [0, 0.1) is 0 Å². The summed E-state index contributed by atoms with van der Waals surface area (Å²) in [5.74, 6) is 0. The number of hydrogen-bond donors (Lipinski definition) is 1. The Hall–Kier alpha value is -0.120. The molecule has 0 aliphatic carbocycles. The highest BCUT2D eigenvalue weighted by Crippen LogP contribution is 2.02. The summed E-state index contributed by atoms with van der Waals surface area (Å²) >= 11 is 0. The predicted molar refractivity (Wildman–Crippen MR) is 56.8 cm³/mol. The van der Waals surface area contributed by atoms with Gasteiger partial charge in [0.25, 0.3) is 0 Å². The first-order valence-electron chi connectivity index (χ1n) is 5.35. The second kappa shape index (κ2) is 5.58. The van der Waals surface area contributed by atoms with Gasteiger partial charge < -0.3 is 15.5 Å². The molecule has 1 atom stereocenters. The molecule has 3 nitrogen and oxygen atoms in total. The lowest BCUT2D eigenvalue weighted by molar-refractivity contribution is 0.268. The van der Waals surface area contributed by atoms with Gasteiger partial charge in [0.05, 0.1) is 0 Å². The van der Waals surface area contributed by atoms with E-state index in [4.69, 9.17) is 5.73 Å². The quantitative estimate of drug-likeness (QED) is 0.689. The Balaban J connectivity index is 2.18. The van der Waals surface area contributed by atoms with Crippen molar-refractivity contribution in [3.8, 4) is 0 Å². The molecule has 1 rings (SSSR count). The fraction of sp³-hybridized carbons (Fsp3) is 1.00. The van der Waals surface area contributed by atoms with Gasteiger partial charge in [0.2, 0.25) is 0 Å². The van der Waals surface area contributed by atoms with Gasteiger partial charge in [-0.25, -0.2) is 0 Å². The lowest BCUT2D eigenvalue weighted by Gasteiger charge is -2.20. The third-order valence-electron chi connectivity index (χ3n) is 2.71. The van der Waals surface area contributed by atoms with Crippen LogP contribution in [-0.2, 0) is 0 Å². The van der Waals surface area contributed by atoms with Crippen molar-refractivity contribution >= 4 is 0 Å². The van der Waals surface area contributed by atoms with E-state index in [-0.39, 0.29) is 0 Å². The molecule has 0 bridgehead atoms. The topological polar surface area (TPSA) is 32.5 Å². The maximum absolute atomic E-state index is 5.74. The molecule has 0 saturated carbocycles. The van der Waals surface area contributed by atoms with E-state index in [1.54, 1.807) is 0 Å². The van der Waals surface area contributed by atoms with E-state index in [1.807, 2.05) is 0 Å². The number of likely N-dealkylation sites (N-methyl/N-ethyl adjacent to an activating group) is 1. The normalized spacial score (nSPS) is 24.2. The molecule has 0 radical (unpaired) electrons. The Morgan fingerprint density at radius 1 is 1.23 bits per heavy atom. The molecule has 0 spiro atoms. The molecule has 1 unspecified atom stereocenters. The first-order valence-corrected chi connectivity index (χ1v) is 5.35. The molecule has 1 aliphatic heterocycles. The van der Waals surface area contributed by atoms with Crippen LogP contribution in [0.1, 0.15) is 19.8 Å². The number of hydrogen-bond acceptors (Lipinski definition) is 3. The third kappa shape index (κ3) is 4.60. The second-order valence-corrected chi connectivity index (χ2v) is 4.26. The maximum Gasteiger partial charge on any atom is 0.0109 e. The van der Waals surface area contributed by atoms with Crippen LogP contribution in [0.5, 0.6) is 0 Å². The minimum atomic E-state index is 0.348. The summed E-state index contributed by atoms with van der Waals surface area (Å²) in [6, 6.07) is 0.348. The van der Waals surface area contributed by atoms with Crippen molar-refractivity contribution < 1.29 is 0 Å². The molecule has 0 aromatic heterocycles. The average Bonchev–Trinajstić information content (AvgIpc) is 2.27. The van der Waals surface area contributed by atoms with Crippen LogP contribution in [-0.4, -0.2) is 55.6 Å². The molecule has 78 valence electrons. The van der Waals surface area contributed by atoms with E-state index in [0.29, 0.717) is 6.04 Å². The van der Waals surface area contributed by atoms with Gasteiger partial charge >= 0.3 is 0 Å². The van der Waals surface area contributed by atoms with Gasteiger partial charge in [-0.15, -0.1) is 0 Å². The van der Waals surface area contributed by atoms with E-state index in [2.05, 4.69) is 23.8 Å². The molecule has 1 aliphatic rings. The monoisotopic (exact) mass is 185 g/mol. The minimum absolute atomic E-state index is 0.348. The van der Waals surface area contributed by atoms with Crippen LogP contribution in [0.2, 0.25) is 0 Å². The first kappa shape index (κ1) is 11.0. The zero-order valence-corrected chi connectivity index (χ0v) is 9.00. The number of nitrogens with two attached hydrogens (primary N) is 1. The van der Waals surface area contributed by atoms with Gasteiger partial charge in [-0.3, -0.25) is 0 Å². The molecule has 1 saturated heterocycles. The molecule has 2 N–H and O–H groups in total. The highest BCUT2D eigenvalue weighted by Gasteiger charge is 2.11. The highest BCUT2D eigenvalue weighted by atomic mass is 15.2. The Labute approximate surface area is 81.9 Å². The van der Waals surface area contributed by atoms with Crippen LogP contribution in [0.4, 0.5) is 0 Å². The van der Waals surface area contributed by atoms with Gasteiger partial charge in [0.1, 0.15) is 0 Å². The van der Waals surface area contributed by atoms with Crippen molar-refractivity contribution in [3.63, 3.8) is 0 Å². The highest BCUT2D eigenvalue weighted by molar-refractivity contribution is 4.68. The fourth-order valence-electron chi connectivity index (χ4n) is 1.71. The zero-order chi connectivity index (χ0) is 9.68. The van der Waals surface area contributed by atoms with Gasteiger partial charge in [-0.2, -0.15) is 0 Å². The van der Waals surface area contributed by atoms with Crippen LogP contribution in [0.3, 0.4) is 0 Å². The van der Waals surface area contributed by atoms with E-state index in [9.17, 15) is 0 Å². The Kier molecular flexibility index (Phi) is 4.70. The summed E-state index contributed by atoms with van der Waals surface area (Å²) in [5, 5.41) is 0. The van der Waals surface area contributed by atoms with Gasteiger partial charge in [-0.05, 0) is 46.4 Å². The summed E-state index contributed by atoms with van der Waals surface area (Å²) in [6.45, 7) is 8.17. The molecule has 1 fully saturated rings. The molecule has 13 heavy (non-hydrogen) atoms. The molecule has 3 heteroatoms. The lowest BCUT2D eigenvalue weighted by Crippen LogP contribution is -2.32. The summed E-state index contributed by atoms with van der Waals surface area (Å²) in [7, 11) is 2.20. The molecular formula is C10H23N3. The van der Waals surface area contributed by atoms with E-state index in [0.717, 1.165) is 6.42 Å². The standard InChI is InChI=1S/C10H23N3/c1-10(11)4-7-13-6-3-5-12(2)8-9-13/h10H,3-9,11H2,1-2H3. The van der Waals surface area contributed by atoms with Crippen molar-refractivity contribution in [2.24, 2.45) is 5.73 Å². The maximum atomic E-state index is 5.74. The fourth-order valence-corrected chi connectivity index (χ4v) is 1.71. The Morgan fingerprint density at radius 2 is 2.00 bits per heavy atom. The SMILES string of the molecule is CC(N)CCN1CCCN(C)CC1. The van der Waals surface area contributed by atoms with E-state index < -0.39 is 0 Å². The number of rotatable bonds is 3. The van der Waals surface area contributed by atoms with Crippen molar-refractivity contribution in [1.82, 2.24) is 9.80 Å². The summed E-state index contributed by atoms with van der Waals surface area (Å²) in [4.78, 5) is 4.94. The Morgan fingerprint density at radius 3 is 2.69 bits per heavy atom. The smallest absolute Gasteiger partial charge is 0.0109 e. The average molecular weight is 185 g/mol. The first-order chi connectivity index (χ1) is 6.18. The lowest BCUT2D eigenvalue weighted by atomic mass is 10.2. The molecule has 0 aromatic carbocycles. The van der Waals surface area contributed by atoms with Gasteiger partial charge in [0, 0.05) is 19.1 Å². The van der Waals surface area contributed by atoms with Gasteiger partial charge in [-0.1, -0.05) is 0 Å². The van der Waals surface area contributed by atoms with Crippen LogP contribution < -0.4 is 5.73 Å². The second-order valence-electron chi connectivity index (χ2n) is 4.26. The third-order valence-corrected chi connectivity index (χ3v) is 2.71. The molecule has 0 aromatic rings.